The number of aromatic nitrogens is 1. The van der Waals surface area contributed by atoms with Crippen molar-refractivity contribution < 1.29 is 14.4 Å². The smallest absolute Gasteiger partial charge is 0.254 e. The largest absolute Gasteiger partial charge is 0.343 e. The Morgan fingerprint density at radius 3 is 2.32 bits per heavy atom. The number of thiazole rings is 1. The van der Waals surface area contributed by atoms with Gasteiger partial charge in [-0.2, -0.15) is 0 Å². The first-order valence-electron chi connectivity index (χ1n) is 10.3. The Bertz CT molecular complexity index is 894. The van der Waals surface area contributed by atoms with Crippen molar-refractivity contribution in [1.82, 2.24) is 14.8 Å². The van der Waals surface area contributed by atoms with E-state index in [0.717, 1.165) is 0 Å². The van der Waals surface area contributed by atoms with E-state index in [4.69, 9.17) is 11.6 Å². The minimum atomic E-state index is -0.334. The number of likely N-dealkylation sites (N-methyl/N-ethyl adjacent to an activating group) is 1. The Morgan fingerprint density at radius 2 is 1.74 bits per heavy atom. The third-order valence-electron chi connectivity index (χ3n) is 4.54. The van der Waals surface area contributed by atoms with E-state index in [9.17, 15) is 14.4 Å². The van der Waals surface area contributed by atoms with Gasteiger partial charge >= 0.3 is 0 Å². The zero-order valence-electron chi connectivity index (χ0n) is 18.4. The lowest BCUT2D eigenvalue weighted by molar-refractivity contribution is -0.130. The van der Waals surface area contributed by atoms with Crippen molar-refractivity contribution in [1.29, 1.82) is 0 Å². The molecular formula is C22H29ClN4O3S. The van der Waals surface area contributed by atoms with Crippen LogP contribution in [0.1, 0.15) is 43.7 Å². The summed E-state index contributed by atoms with van der Waals surface area (Å²) in [5.41, 5.74) is 1.10. The summed E-state index contributed by atoms with van der Waals surface area (Å²) in [6.07, 6.45) is 0.197. The molecule has 0 atom stereocenters. The summed E-state index contributed by atoms with van der Waals surface area (Å²) in [5, 5.41) is 5.46. The standard InChI is InChI=1S/C22H29ClN4O3S/c1-5-26(6-2)20(29)11-18-14-31-22(24-18)25-19(28)13-27(12-15(3)4)21(30)16-7-9-17(23)10-8-16/h7-10,14-15H,5-6,11-13H2,1-4H3,(H,24,25,28). The fourth-order valence-corrected chi connectivity index (χ4v) is 3.91. The third kappa shape index (κ3) is 7.63. The van der Waals surface area contributed by atoms with Crippen LogP contribution in [0.2, 0.25) is 5.02 Å². The van der Waals surface area contributed by atoms with Gasteiger partial charge < -0.3 is 15.1 Å². The molecule has 0 unspecified atom stereocenters. The molecule has 0 saturated heterocycles. The molecule has 0 aliphatic rings. The number of hydrogen-bond acceptors (Lipinski definition) is 5. The lowest BCUT2D eigenvalue weighted by Gasteiger charge is -2.24. The number of nitrogens with one attached hydrogen (secondary N) is 1. The molecule has 1 aromatic heterocycles. The first kappa shape index (κ1) is 24.8. The number of carbonyl (C=O) groups is 3. The van der Waals surface area contributed by atoms with Gasteiger partial charge in [-0.15, -0.1) is 11.3 Å². The summed E-state index contributed by atoms with van der Waals surface area (Å²) in [7, 11) is 0. The lowest BCUT2D eigenvalue weighted by Crippen LogP contribution is -2.40. The third-order valence-corrected chi connectivity index (χ3v) is 5.60. The number of rotatable bonds is 10. The number of nitrogens with zero attached hydrogens (tertiary/aromatic N) is 3. The highest BCUT2D eigenvalue weighted by molar-refractivity contribution is 7.13. The van der Waals surface area contributed by atoms with Gasteiger partial charge in [-0.1, -0.05) is 25.4 Å². The summed E-state index contributed by atoms with van der Waals surface area (Å²) in [5.74, 6) is -0.365. The average Bonchev–Trinajstić information content (AvgIpc) is 3.14. The molecule has 1 aromatic carbocycles. The van der Waals surface area contributed by atoms with Crippen LogP contribution in [0, 0.1) is 5.92 Å². The van der Waals surface area contributed by atoms with E-state index in [0.29, 0.717) is 41.0 Å². The lowest BCUT2D eigenvalue weighted by atomic mass is 10.1. The number of carbonyl (C=O) groups excluding carboxylic acids is 3. The van der Waals surface area contributed by atoms with Crippen LogP contribution in [-0.2, 0) is 16.0 Å². The monoisotopic (exact) mass is 464 g/mol. The van der Waals surface area contributed by atoms with Gasteiger partial charge in [0.15, 0.2) is 5.13 Å². The first-order valence-corrected chi connectivity index (χ1v) is 11.6. The SMILES string of the molecule is CCN(CC)C(=O)Cc1csc(NC(=O)CN(CC(C)C)C(=O)c2ccc(Cl)cc2)n1. The molecular weight excluding hydrogens is 436 g/mol. The number of amides is 3. The zero-order chi connectivity index (χ0) is 23.0. The molecule has 0 bridgehead atoms. The average molecular weight is 465 g/mol. The van der Waals surface area contributed by atoms with Crippen molar-refractivity contribution in [3.05, 3.63) is 45.9 Å². The van der Waals surface area contributed by atoms with Crippen LogP contribution in [0.15, 0.2) is 29.6 Å². The molecule has 0 fully saturated rings. The normalized spacial score (nSPS) is 10.8. The second-order valence-electron chi connectivity index (χ2n) is 7.52. The zero-order valence-corrected chi connectivity index (χ0v) is 19.9. The van der Waals surface area contributed by atoms with Gasteiger partial charge in [0.05, 0.1) is 12.1 Å². The van der Waals surface area contributed by atoms with Gasteiger partial charge in [0.25, 0.3) is 5.91 Å². The minimum absolute atomic E-state index is 0.00449. The van der Waals surface area contributed by atoms with Gasteiger partial charge in [0.2, 0.25) is 11.8 Å². The predicted molar refractivity (Wildman–Crippen MR) is 125 cm³/mol. The second-order valence-corrected chi connectivity index (χ2v) is 8.82. The molecule has 1 heterocycles. The number of anilines is 1. The van der Waals surface area contributed by atoms with E-state index in [1.165, 1.54) is 16.2 Å². The molecule has 7 nitrogen and oxygen atoms in total. The van der Waals surface area contributed by atoms with Gasteiger partial charge in [-0.3, -0.25) is 14.4 Å². The number of halogens is 1. The maximum Gasteiger partial charge on any atom is 0.254 e. The Morgan fingerprint density at radius 1 is 1.10 bits per heavy atom. The number of hydrogen-bond donors (Lipinski definition) is 1. The molecule has 31 heavy (non-hydrogen) atoms. The molecule has 0 saturated carbocycles. The van der Waals surface area contributed by atoms with Crippen molar-refractivity contribution in [2.45, 2.75) is 34.1 Å². The Balaban J connectivity index is 2.01. The van der Waals surface area contributed by atoms with E-state index in [2.05, 4.69) is 10.3 Å². The summed E-state index contributed by atoms with van der Waals surface area (Å²) < 4.78 is 0. The Kier molecular flexibility index (Phi) is 9.45. The number of benzene rings is 1. The highest BCUT2D eigenvalue weighted by atomic mass is 35.5. The van der Waals surface area contributed by atoms with Crippen LogP contribution in [0.4, 0.5) is 5.13 Å². The maximum atomic E-state index is 12.9. The Labute approximate surface area is 192 Å². The molecule has 0 aliphatic carbocycles. The Hall–Kier alpha value is -2.45. The van der Waals surface area contributed by atoms with Crippen LogP contribution in [-0.4, -0.2) is 58.7 Å². The summed E-state index contributed by atoms with van der Waals surface area (Å²) in [6.45, 7) is 9.49. The predicted octanol–water partition coefficient (Wildman–Crippen LogP) is 3.94. The van der Waals surface area contributed by atoms with Crippen LogP contribution in [0.3, 0.4) is 0 Å². The van der Waals surface area contributed by atoms with Crippen LogP contribution in [0.25, 0.3) is 0 Å². The fourth-order valence-electron chi connectivity index (χ4n) is 3.06. The molecule has 0 radical (unpaired) electrons. The van der Waals surface area contributed by atoms with Crippen molar-refractivity contribution >= 4 is 45.8 Å². The highest BCUT2D eigenvalue weighted by Gasteiger charge is 2.21. The molecule has 9 heteroatoms. The van der Waals surface area contributed by atoms with Crippen molar-refractivity contribution in [2.75, 3.05) is 31.5 Å². The molecule has 0 aliphatic heterocycles. The quantitative estimate of drug-likeness (QED) is 0.577. The highest BCUT2D eigenvalue weighted by Crippen LogP contribution is 2.17. The molecule has 168 valence electrons. The van der Waals surface area contributed by atoms with Crippen molar-refractivity contribution in [3.63, 3.8) is 0 Å². The molecule has 3 amide bonds. The van der Waals surface area contributed by atoms with E-state index in [1.54, 1.807) is 34.5 Å². The van der Waals surface area contributed by atoms with E-state index in [-0.39, 0.29) is 36.6 Å². The van der Waals surface area contributed by atoms with Crippen molar-refractivity contribution in [2.24, 2.45) is 5.92 Å². The molecule has 2 aromatic rings. The topological polar surface area (TPSA) is 82.6 Å². The van der Waals surface area contributed by atoms with Crippen LogP contribution in [0.5, 0.6) is 0 Å². The van der Waals surface area contributed by atoms with Crippen molar-refractivity contribution in [3.8, 4) is 0 Å². The summed E-state index contributed by atoms with van der Waals surface area (Å²) >= 11 is 7.17. The molecule has 1 N–H and O–H groups in total. The molecule has 0 spiro atoms. The summed E-state index contributed by atoms with van der Waals surface area (Å²) in [4.78, 5) is 45.3. The second kappa shape index (κ2) is 11.8. The van der Waals surface area contributed by atoms with Gasteiger partial charge in [0, 0.05) is 35.6 Å². The van der Waals surface area contributed by atoms with Crippen LogP contribution >= 0.6 is 22.9 Å². The van der Waals surface area contributed by atoms with E-state index in [1.807, 2.05) is 27.7 Å². The first-order chi connectivity index (χ1) is 14.7. The minimum Gasteiger partial charge on any atom is -0.343 e. The van der Waals surface area contributed by atoms with Gasteiger partial charge in [0.1, 0.15) is 6.54 Å². The van der Waals surface area contributed by atoms with Gasteiger partial charge in [-0.25, -0.2) is 4.98 Å². The van der Waals surface area contributed by atoms with E-state index < -0.39 is 0 Å². The molecule has 2 rings (SSSR count). The van der Waals surface area contributed by atoms with E-state index >= 15 is 0 Å². The summed E-state index contributed by atoms with van der Waals surface area (Å²) in [6, 6.07) is 6.60. The van der Waals surface area contributed by atoms with Crippen LogP contribution < -0.4 is 5.32 Å². The fraction of sp³-hybridized carbons (Fsp3) is 0.455. The van der Waals surface area contributed by atoms with Gasteiger partial charge in [-0.05, 0) is 44.0 Å². The maximum absolute atomic E-state index is 12.9.